The second-order valence-electron chi connectivity index (χ2n) is 6.35. The molecule has 1 atom stereocenters. The van der Waals surface area contributed by atoms with Crippen LogP contribution in [0.15, 0.2) is 0 Å². The van der Waals surface area contributed by atoms with Gasteiger partial charge in [-0.15, -0.1) is 0 Å². The topological polar surface area (TPSA) is 60.4 Å². The molecule has 4 nitrogen and oxygen atoms in total. The molecule has 0 saturated carbocycles. The lowest BCUT2D eigenvalue weighted by atomic mass is 9.90. The van der Waals surface area contributed by atoms with E-state index in [4.69, 9.17) is 3.63 Å². The zero-order valence-electron chi connectivity index (χ0n) is 13.4. The molecule has 0 aliphatic rings. The summed E-state index contributed by atoms with van der Waals surface area (Å²) in [5.74, 6) is 0.318. The van der Waals surface area contributed by atoms with Gasteiger partial charge in [0.25, 0.3) is 0 Å². The first-order valence-corrected chi connectivity index (χ1v) is 10.4. The van der Waals surface area contributed by atoms with Crippen molar-refractivity contribution in [3.63, 3.8) is 0 Å². The number of Topliss-reactive ketones (excluding diaryl/α,β-unsaturated/α-hetero) is 1. The summed E-state index contributed by atoms with van der Waals surface area (Å²) < 4.78 is 28.6. The van der Waals surface area contributed by atoms with E-state index in [-0.39, 0.29) is 22.7 Å². The van der Waals surface area contributed by atoms with Crippen LogP contribution in [0.3, 0.4) is 0 Å². The summed E-state index contributed by atoms with van der Waals surface area (Å²) in [6.07, 6.45) is 5.43. The quantitative estimate of drug-likeness (QED) is 0.457. The van der Waals surface area contributed by atoms with Crippen molar-refractivity contribution in [3.8, 4) is 0 Å². The Bertz CT molecular complexity index is 382. The van der Waals surface area contributed by atoms with Gasteiger partial charge in [-0.05, 0) is 28.3 Å². The van der Waals surface area contributed by atoms with Crippen LogP contribution < -0.4 is 0 Å². The first kappa shape index (κ1) is 19.9. The van der Waals surface area contributed by atoms with Crippen LogP contribution in [-0.4, -0.2) is 32.0 Å². The van der Waals surface area contributed by atoms with Gasteiger partial charge in [0.15, 0.2) is 22.7 Å². The maximum atomic E-state index is 11.8. The Balaban J connectivity index is 4.03. The molecule has 0 aromatic carbocycles. The predicted molar refractivity (Wildman–Crippen MR) is 86.2 cm³/mol. The molecule has 0 radical (unpaired) electrons. The zero-order valence-corrected chi connectivity index (χ0v) is 15.0. The number of ketones is 1. The Kier molecular flexibility index (Phi) is 9.02. The Labute approximate surface area is 127 Å². The average Bonchev–Trinajstić information content (AvgIpc) is 2.22. The van der Waals surface area contributed by atoms with Crippen molar-refractivity contribution in [2.75, 3.05) is 17.8 Å². The lowest BCUT2D eigenvalue weighted by Crippen LogP contribution is -2.22. The van der Waals surface area contributed by atoms with Crippen LogP contribution in [0.25, 0.3) is 0 Å². The van der Waals surface area contributed by atoms with E-state index >= 15 is 0 Å². The largest absolute Gasteiger partial charge is 0.311 e. The molecule has 0 aromatic heterocycles. The number of rotatable bonds is 10. The smallest absolute Gasteiger partial charge is 0.294 e. The molecule has 0 rings (SSSR count). The van der Waals surface area contributed by atoms with Crippen molar-refractivity contribution < 1.29 is 16.8 Å². The maximum Gasteiger partial charge on any atom is 0.311 e. The minimum Gasteiger partial charge on any atom is -0.294 e. The van der Waals surface area contributed by atoms with Gasteiger partial charge in [0, 0.05) is 6.42 Å². The molecule has 0 heterocycles. The van der Waals surface area contributed by atoms with E-state index in [2.05, 4.69) is 20.8 Å². The van der Waals surface area contributed by atoms with Gasteiger partial charge in [0.2, 0.25) is 0 Å². The van der Waals surface area contributed by atoms with Gasteiger partial charge >= 0.3 is 10.1 Å². The normalized spacial score (nSPS) is 14.2. The fourth-order valence-corrected chi connectivity index (χ4v) is 4.78. The van der Waals surface area contributed by atoms with E-state index in [0.717, 1.165) is 19.3 Å². The van der Waals surface area contributed by atoms with Crippen LogP contribution in [0.4, 0.5) is 0 Å². The molecule has 6 heteroatoms. The van der Waals surface area contributed by atoms with Crippen LogP contribution in [0.2, 0.25) is 0 Å². The van der Waals surface area contributed by atoms with Crippen LogP contribution in [0.5, 0.6) is 0 Å². The molecule has 0 bridgehead atoms. The fraction of sp³-hybridized carbons (Fsp3) is 0.929. The molecule has 0 aliphatic heterocycles. The number of carbonyl (C=O) groups is 1. The Morgan fingerprint density at radius 1 is 1.20 bits per heavy atom. The molecule has 0 N–H and O–H groups in total. The summed E-state index contributed by atoms with van der Waals surface area (Å²) in [7, 11) is -3.50. The summed E-state index contributed by atoms with van der Waals surface area (Å²) in [5, 5.41) is 0. The van der Waals surface area contributed by atoms with E-state index in [1.807, 2.05) is 6.92 Å². The van der Waals surface area contributed by atoms with E-state index < -0.39 is 21.3 Å². The monoisotopic (exact) mass is 325 g/mol. The maximum absolute atomic E-state index is 11.8. The van der Waals surface area contributed by atoms with Crippen LogP contribution in [0.1, 0.15) is 59.8 Å². The van der Waals surface area contributed by atoms with Gasteiger partial charge in [-0.25, -0.2) is 0 Å². The number of unbranched alkanes of at least 4 members (excludes halogenated alkanes) is 1. The van der Waals surface area contributed by atoms with Gasteiger partial charge in [-0.3, -0.25) is 4.79 Å². The predicted octanol–water partition coefficient (Wildman–Crippen LogP) is 3.08. The first-order valence-electron chi connectivity index (χ1n) is 7.12. The minimum atomic E-state index is -3.50. The fourth-order valence-electron chi connectivity index (χ4n) is 1.75. The highest BCUT2D eigenvalue weighted by Gasteiger charge is 2.27. The van der Waals surface area contributed by atoms with Gasteiger partial charge in [-0.2, -0.15) is 8.42 Å². The molecule has 0 amide bonds. The highest BCUT2D eigenvalue weighted by molar-refractivity contribution is 8.02. The molecule has 1 unspecified atom stereocenters. The number of carbonyl (C=O) groups excluding carboxylic acids is 1. The lowest BCUT2D eigenvalue weighted by molar-refractivity contribution is -0.116. The van der Waals surface area contributed by atoms with Crippen molar-refractivity contribution in [2.45, 2.75) is 59.8 Å². The summed E-state index contributed by atoms with van der Waals surface area (Å²) in [6.45, 7) is 8.35. The molecule has 0 aliphatic carbocycles. The second kappa shape index (κ2) is 9.05. The molecular formula is C14H29O4S2+. The van der Waals surface area contributed by atoms with Crippen LogP contribution in [-0.2, 0) is 29.7 Å². The molecule has 0 aromatic rings. The van der Waals surface area contributed by atoms with E-state index in [1.165, 1.54) is 0 Å². The van der Waals surface area contributed by atoms with Crippen molar-refractivity contribution in [1.29, 1.82) is 0 Å². The van der Waals surface area contributed by atoms with E-state index in [9.17, 15) is 13.2 Å². The third-order valence-corrected chi connectivity index (χ3v) is 5.96. The van der Waals surface area contributed by atoms with Crippen LogP contribution >= 0.6 is 0 Å². The van der Waals surface area contributed by atoms with Crippen molar-refractivity contribution >= 4 is 27.1 Å². The summed E-state index contributed by atoms with van der Waals surface area (Å²) in [4.78, 5) is 11.4. The SMILES string of the molecule is CCCC(=O)C[S+](C)OS(=O)(=O)CCCCC(C)(C)C. The molecule has 0 spiro atoms. The molecular weight excluding hydrogens is 296 g/mol. The van der Waals surface area contributed by atoms with Crippen LogP contribution in [0, 0.1) is 5.41 Å². The van der Waals surface area contributed by atoms with Gasteiger partial charge in [0.1, 0.15) is 6.26 Å². The lowest BCUT2D eigenvalue weighted by Gasteiger charge is -2.17. The molecule has 0 saturated heterocycles. The van der Waals surface area contributed by atoms with Crippen molar-refractivity contribution in [3.05, 3.63) is 0 Å². The standard InChI is InChI=1S/C14H29O4S2/c1-6-9-13(15)12-19(5)18-20(16,17)11-8-7-10-14(2,3)4/h6-12H2,1-5H3/q+1. The highest BCUT2D eigenvalue weighted by atomic mass is 32.3. The van der Waals surface area contributed by atoms with E-state index in [1.54, 1.807) is 6.26 Å². The third kappa shape index (κ3) is 11.7. The Hall–Kier alpha value is -0.0700. The molecule has 120 valence electrons. The minimum absolute atomic E-state index is 0.0440. The van der Waals surface area contributed by atoms with E-state index in [0.29, 0.717) is 12.8 Å². The van der Waals surface area contributed by atoms with Crippen molar-refractivity contribution in [1.82, 2.24) is 0 Å². The van der Waals surface area contributed by atoms with Gasteiger partial charge in [-0.1, -0.05) is 34.1 Å². The number of hydrogen-bond donors (Lipinski definition) is 0. The number of hydrogen-bond acceptors (Lipinski definition) is 4. The highest BCUT2D eigenvalue weighted by Crippen LogP contribution is 2.21. The first-order chi connectivity index (χ1) is 9.06. The third-order valence-electron chi connectivity index (χ3n) is 2.68. The van der Waals surface area contributed by atoms with Crippen molar-refractivity contribution in [2.24, 2.45) is 5.41 Å². The van der Waals surface area contributed by atoms with Gasteiger partial charge < -0.3 is 0 Å². The van der Waals surface area contributed by atoms with Gasteiger partial charge in [0.05, 0.1) is 5.75 Å². The Morgan fingerprint density at radius 2 is 1.80 bits per heavy atom. The Morgan fingerprint density at radius 3 is 2.30 bits per heavy atom. The summed E-state index contributed by atoms with van der Waals surface area (Å²) in [6, 6.07) is 0. The molecule has 0 fully saturated rings. The second-order valence-corrected chi connectivity index (χ2v) is 9.86. The summed E-state index contributed by atoms with van der Waals surface area (Å²) >= 11 is -0.831. The average molecular weight is 326 g/mol. The molecule has 20 heavy (non-hydrogen) atoms. The summed E-state index contributed by atoms with van der Waals surface area (Å²) in [5.41, 5.74) is 0.228. The zero-order chi connectivity index (χ0) is 15.8.